The van der Waals surface area contributed by atoms with E-state index in [1.165, 1.54) is 30.8 Å². The Hall–Kier alpha value is -1.44. The van der Waals surface area contributed by atoms with E-state index in [0.29, 0.717) is 6.04 Å². The Balaban J connectivity index is 1.58. The van der Waals surface area contributed by atoms with Crippen molar-refractivity contribution in [3.8, 4) is 0 Å². The van der Waals surface area contributed by atoms with Gasteiger partial charge in [0, 0.05) is 29.8 Å². The van der Waals surface area contributed by atoms with E-state index in [9.17, 15) is 0 Å². The lowest BCUT2D eigenvalue weighted by atomic mass is 10.2. The first-order valence-corrected chi connectivity index (χ1v) is 11.2. The van der Waals surface area contributed by atoms with Crippen LogP contribution >= 0.6 is 22.7 Å². The van der Waals surface area contributed by atoms with Gasteiger partial charge in [-0.15, -0.1) is 22.7 Å². The minimum absolute atomic E-state index is 0.397. The van der Waals surface area contributed by atoms with E-state index in [4.69, 9.17) is 4.99 Å². The van der Waals surface area contributed by atoms with Gasteiger partial charge in [-0.25, -0.2) is 4.98 Å². The summed E-state index contributed by atoms with van der Waals surface area (Å²) in [6.45, 7) is 9.05. The summed E-state index contributed by atoms with van der Waals surface area (Å²) < 4.78 is 0. The highest BCUT2D eigenvalue weighted by atomic mass is 32.1. The molecular formula is C19H29N5S2. The molecule has 0 aromatic carbocycles. The zero-order valence-corrected chi connectivity index (χ0v) is 17.3. The first-order chi connectivity index (χ1) is 12.8. The zero-order valence-electron chi connectivity index (χ0n) is 15.7. The van der Waals surface area contributed by atoms with E-state index in [2.05, 4.69) is 57.3 Å². The van der Waals surface area contributed by atoms with Gasteiger partial charge in [-0.05, 0) is 51.2 Å². The number of guanidine groups is 1. The molecule has 1 aliphatic heterocycles. The van der Waals surface area contributed by atoms with Gasteiger partial charge >= 0.3 is 0 Å². The maximum absolute atomic E-state index is 4.89. The highest BCUT2D eigenvalue weighted by Gasteiger charge is 2.24. The van der Waals surface area contributed by atoms with Crippen LogP contribution in [0, 0.1) is 6.92 Å². The van der Waals surface area contributed by atoms with Crippen molar-refractivity contribution in [3.63, 3.8) is 0 Å². The Morgan fingerprint density at radius 1 is 1.31 bits per heavy atom. The SMILES string of the molecule is CCNC(=NCC(c1cccs1)N1CCCC1)NCCc1csc(C)n1. The topological polar surface area (TPSA) is 52.6 Å². The average molecular weight is 392 g/mol. The van der Waals surface area contributed by atoms with Crippen LogP contribution in [-0.4, -0.2) is 48.6 Å². The van der Waals surface area contributed by atoms with E-state index in [1.807, 2.05) is 11.3 Å². The summed E-state index contributed by atoms with van der Waals surface area (Å²) in [5.74, 6) is 0.903. The van der Waals surface area contributed by atoms with Crippen molar-refractivity contribution in [2.45, 2.75) is 39.2 Å². The molecule has 1 fully saturated rings. The number of thiazole rings is 1. The van der Waals surface area contributed by atoms with E-state index in [-0.39, 0.29) is 0 Å². The lowest BCUT2D eigenvalue weighted by Crippen LogP contribution is -2.39. The second-order valence-electron chi connectivity index (χ2n) is 6.53. The van der Waals surface area contributed by atoms with Crippen LogP contribution in [0.3, 0.4) is 0 Å². The normalized spacial score (nSPS) is 16.8. The fourth-order valence-corrected chi connectivity index (χ4v) is 4.77. The monoisotopic (exact) mass is 391 g/mol. The zero-order chi connectivity index (χ0) is 18.2. The van der Waals surface area contributed by atoms with Crippen LogP contribution in [0.15, 0.2) is 27.9 Å². The molecule has 5 nitrogen and oxygen atoms in total. The highest BCUT2D eigenvalue weighted by molar-refractivity contribution is 7.10. The second kappa shape index (κ2) is 10.0. The van der Waals surface area contributed by atoms with E-state index in [0.717, 1.165) is 42.7 Å². The molecule has 26 heavy (non-hydrogen) atoms. The van der Waals surface area contributed by atoms with Crippen molar-refractivity contribution in [2.24, 2.45) is 4.99 Å². The van der Waals surface area contributed by atoms with Crippen LogP contribution in [0.1, 0.15) is 41.4 Å². The van der Waals surface area contributed by atoms with Crippen LogP contribution in [0.25, 0.3) is 0 Å². The molecule has 1 unspecified atom stereocenters. The van der Waals surface area contributed by atoms with Crippen molar-refractivity contribution in [3.05, 3.63) is 38.5 Å². The first-order valence-electron chi connectivity index (χ1n) is 9.47. The molecule has 0 amide bonds. The third-order valence-corrected chi connectivity index (χ3v) is 6.36. The number of rotatable bonds is 8. The van der Waals surface area contributed by atoms with E-state index in [1.54, 1.807) is 11.3 Å². The molecule has 1 aliphatic rings. The maximum atomic E-state index is 4.89. The summed E-state index contributed by atoms with van der Waals surface area (Å²) in [7, 11) is 0. The summed E-state index contributed by atoms with van der Waals surface area (Å²) in [6.07, 6.45) is 3.53. The van der Waals surface area contributed by atoms with Gasteiger partial charge in [0.25, 0.3) is 0 Å². The molecule has 142 valence electrons. The van der Waals surface area contributed by atoms with Gasteiger partial charge in [-0.3, -0.25) is 9.89 Å². The minimum Gasteiger partial charge on any atom is -0.357 e. The molecule has 3 rings (SSSR count). The van der Waals surface area contributed by atoms with Gasteiger partial charge in [-0.2, -0.15) is 0 Å². The van der Waals surface area contributed by atoms with Crippen LogP contribution in [0.2, 0.25) is 0 Å². The Morgan fingerprint density at radius 2 is 2.15 bits per heavy atom. The quantitative estimate of drug-likeness (QED) is 0.535. The minimum atomic E-state index is 0.397. The molecular weight excluding hydrogens is 362 g/mol. The molecule has 0 spiro atoms. The lowest BCUT2D eigenvalue weighted by molar-refractivity contribution is 0.255. The smallest absolute Gasteiger partial charge is 0.191 e. The number of nitrogens with zero attached hydrogens (tertiary/aromatic N) is 3. The molecule has 2 aromatic rings. The molecule has 2 N–H and O–H groups in total. The number of thiophene rings is 1. The first kappa shape index (κ1) is 19.3. The van der Waals surface area contributed by atoms with Gasteiger partial charge in [0.2, 0.25) is 0 Å². The van der Waals surface area contributed by atoms with Gasteiger partial charge in [-0.1, -0.05) is 6.07 Å². The predicted molar refractivity (Wildman–Crippen MR) is 112 cm³/mol. The van der Waals surface area contributed by atoms with Crippen molar-refractivity contribution < 1.29 is 0 Å². The summed E-state index contributed by atoms with van der Waals surface area (Å²) >= 11 is 3.55. The van der Waals surface area contributed by atoms with Gasteiger partial charge in [0.05, 0.1) is 23.3 Å². The number of hydrogen-bond donors (Lipinski definition) is 2. The molecule has 0 bridgehead atoms. The fourth-order valence-electron chi connectivity index (χ4n) is 3.27. The summed E-state index contributed by atoms with van der Waals surface area (Å²) in [4.78, 5) is 13.4. The van der Waals surface area contributed by atoms with Crippen LogP contribution in [-0.2, 0) is 6.42 Å². The van der Waals surface area contributed by atoms with Crippen molar-refractivity contribution in [1.29, 1.82) is 0 Å². The number of aryl methyl sites for hydroxylation is 1. The number of hydrogen-bond acceptors (Lipinski definition) is 5. The molecule has 0 radical (unpaired) electrons. The van der Waals surface area contributed by atoms with E-state index < -0.39 is 0 Å². The van der Waals surface area contributed by atoms with Crippen LogP contribution in [0.4, 0.5) is 0 Å². The Labute approximate surface area is 164 Å². The van der Waals surface area contributed by atoms with Gasteiger partial charge < -0.3 is 10.6 Å². The molecule has 2 aromatic heterocycles. The predicted octanol–water partition coefficient (Wildman–Crippen LogP) is 3.45. The summed E-state index contributed by atoms with van der Waals surface area (Å²) in [5, 5.41) is 12.3. The summed E-state index contributed by atoms with van der Waals surface area (Å²) in [5.41, 5.74) is 1.16. The Bertz CT molecular complexity index is 674. The lowest BCUT2D eigenvalue weighted by Gasteiger charge is -2.25. The van der Waals surface area contributed by atoms with Crippen LogP contribution in [0.5, 0.6) is 0 Å². The third kappa shape index (κ3) is 5.53. The van der Waals surface area contributed by atoms with E-state index >= 15 is 0 Å². The van der Waals surface area contributed by atoms with Gasteiger partial charge in [0.1, 0.15) is 0 Å². The number of nitrogens with one attached hydrogen (secondary N) is 2. The molecule has 1 atom stereocenters. The Kier molecular flexibility index (Phi) is 7.46. The standard InChI is InChI=1S/C19H29N5S2/c1-3-20-19(21-9-8-16-14-26-15(2)23-16)22-13-17(18-7-6-12-25-18)24-10-4-5-11-24/h6-7,12,14,17H,3-5,8-11,13H2,1-2H3,(H2,20,21,22). The second-order valence-corrected chi connectivity index (χ2v) is 8.57. The summed E-state index contributed by atoms with van der Waals surface area (Å²) in [6, 6.07) is 4.79. The maximum Gasteiger partial charge on any atom is 0.191 e. The third-order valence-electron chi connectivity index (χ3n) is 4.56. The van der Waals surface area contributed by atoms with Crippen LogP contribution < -0.4 is 10.6 Å². The molecule has 0 aliphatic carbocycles. The molecule has 7 heteroatoms. The number of aliphatic imine (C=N–C) groups is 1. The van der Waals surface area contributed by atoms with Crippen molar-refractivity contribution in [2.75, 3.05) is 32.7 Å². The fraction of sp³-hybridized carbons (Fsp3) is 0.579. The Morgan fingerprint density at radius 3 is 2.81 bits per heavy atom. The molecule has 0 saturated carbocycles. The number of likely N-dealkylation sites (tertiary alicyclic amines) is 1. The highest BCUT2D eigenvalue weighted by Crippen LogP contribution is 2.28. The average Bonchev–Trinajstić information content (AvgIpc) is 3.38. The van der Waals surface area contributed by atoms with Crippen molar-refractivity contribution in [1.82, 2.24) is 20.5 Å². The number of aromatic nitrogens is 1. The van der Waals surface area contributed by atoms with Crippen molar-refractivity contribution >= 4 is 28.6 Å². The van der Waals surface area contributed by atoms with Gasteiger partial charge in [0.15, 0.2) is 5.96 Å². The largest absolute Gasteiger partial charge is 0.357 e. The molecule has 1 saturated heterocycles. The molecule has 3 heterocycles.